The lowest BCUT2D eigenvalue weighted by Crippen LogP contribution is -2.36. The SMILES string of the molecule is CC(C)N(Cc1cccc(OCCCCCC(=O)OC(=O)O)c1)C(=O)c1ccc(-c2cccc(S(C)(=O)=O)c2)cc1. The van der Waals surface area contributed by atoms with E-state index in [-0.39, 0.29) is 23.3 Å². The fourth-order valence-electron chi connectivity index (χ4n) is 4.18. The molecule has 0 radical (unpaired) electrons. The highest BCUT2D eigenvalue weighted by Crippen LogP contribution is 2.24. The molecule has 0 atom stereocenters. The van der Waals surface area contributed by atoms with Crippen LogP contribution in [-0.4, -0.2) is 55.4 Å². The van der Waals surface area contributed by atoms with E-state index in [1.165, 1.54) is 6.26 Å². The van der Waals surface area contributed by atoms with Gasteiger partial charge in [0.25, 0.3) is 5.91 Å². The average molecular weight is 582 g/mol. The molecule has 3 aromatic carbocycles. The Kier molecular flexibility index (Phi) is 11.0. The normalized spacial score (nSPS) is 11.2. The Morgan fingerprint density at radius 2 is 1.59 bits per heavy atom. The molecule has 0 saturated carbocycles. The first-order valence-electron chi connectivity index (χ1n) is 13.3. The number of carbonyl (C=O) groups excluding carboxylic acids is 2. The highest BCUT2D eigenvalue weighted by molar-refractivity contribution is 7.90. The molecule has 0 bridgehead atoms. The fraction of sp³-hybridized carbons (Fsp3) is 0.323. The molecule has 0 aliphatic carbocycles. The molecule has 1 amide bonds. The Labute approximate surface area is 240 Å². The van der Waals surface area contributed by atoms with Gasteiger partial charge in [0.15, 0.2) is 9.84 Å². The minimum atomic E-state index is -3.33. The topological polar surface area (TPSA) is 127 Å². The van der Waals surface area contributed by atoms with Crippen molar-refractivity contribution in [2.75, 3.05) is 12.9 Å². The highest BCUT2D eigenvalue weighted by Gasteiger charge is 2.20. The number of carbonyl (C=O) groups is 3. The number of benzene rings is 3. The van der Waals surface area contributed by atoms with Crippen LogP contribution in [0.2, 0.25) is 0 Å². The summed E-state index contributed by atoms with van der Waals surface area (Å²) < 4.78 is 33.7. The van der Waals surface area contributed by atoms with Crippen molar-refractivity contribution < 1.29 is 37.4 Å². The number of ether oxygens (including phenoxy) is 2. The molecular formula is C31H35NO8S. The molecule has 41 heavy (non-hydrogen) atoms. The zero-order chi connectivity index (χ0) is 30.0. The third-order valence-corrected chi connectivity index (χ3v) is 7.47. The summed E-state index contributed by atoms with van der Waals surface area (Å²) in [6.45, 7) is 4.73. The molecule has 0 unspecified atom stereocenters. The van der Waals surface area contributed by atoms with E-state index >= 15 is 0 Å². The Morgan fingerprint density at radius 3 is 2.24 bits per heavy atom. The van der Waals surface area contributed by atoms with Crippen LogP contribution in [0.3, 0.4) is 0 Å². The van der Waals surface area contributed by atoms with Gasteiger partial charge in [0, 0.05) is 30.8 Å². The molecule has 9 nitrogen and oxygen atoms in total. The van der Waals surface area contributed by atoms with Crippen LogP contribution in [0.5, 0.6) is 5.75 Å². The van der Waals surface area contributed by atoms with Crippen molar-refractivity contribution in [1.82, 2.24) is 4.90 Å². The predicted molar refractivity (Wildman–Crippen MR) is 155 cm³/mol. The summed E-state index contributed by atoms with van der Waals surface area (Å²) >= 11 is 0. The van der Waals surface area contributed by atoms with Crippen molar-refractivity contribution in [1.29, 1.82) is 0 Å². The van der Waals surface area contributed by atoms with E-state index in [0.29, 0.717) is 43.7 Å². The van der Waals surface area contributed by atoms with Gasteiger partial charge < -0.3 is 19.5 Å². The van der Waals surface area contributed by atoms with Crippen molar-refractivity contribution in [3.63, 3.8) is 0 Å². The van der Waals surface area contributed by atoms with Crippen molar-refractivity contribution in [2.45, 2.75) is 57.0 Å². The second-order valence-electron chi connectivity index (χ2n) is 9.95. The first-order chi connectivity index (χ1) is 19.4. The molecule has 0 aliphatic heterocycles. The van der Waals surface area contributed by atoms with E-state index in [1.54, 1.807) is 35.2 Å². The number of hydrogen-bond donors (Lipinski definition) is 1. The maximum absolute atomic E-state index is 13.4. The van der Waals surface area contributed by atoms with Crippen molar-refractivity contribution in [3.8, 4) is 16.9 Å². The van der Waals surface area contributed by atoms with Gasteiger partial charge in [-0.3, -0.25) is 9.59 Å². The quantitative estimate of drug-likeness (QED) is 0.149. The lowest BCUT2D eigenvalue weighted by Gasteiger charge is -2.27. The van der Waals surface area contributed by atoms with Crippen LogP contribution in [0, 0.1) is 0 Å². The summed E-state index contributed by atoms with van der Waals surface area (Å²) in [5.74, 6) is -0.209. The minimum absolute atomic E-state index is 0.0416. The number of esters is 1. The van der Waals surface area contributed by atoms with Gasteiger partial charge in [-0.05, 0) is 86.2 Å². The van der Waals surface area contributed by atoms with Gasteiger partial charge in [-0.15, -0.1) is 0 Å². The zero-order valence-electron chi connectivity index (χ0n) is 23.4. The number of sulfone groups is 1. The summed E-state index contributed by atoms with van der Waals surface area (Å²) in [7, 11) is -3.33. The van der Waals surface area contributed by atoms with E-state index < -0.39 is 22.0 Å². The Hall–Kier alpha value is -4.18. The van der Waals surface area contributed by atoms with Crippen molar-refractivity contribution >= 4 is 27.9 Å². The number of hydrogen-bond acceptors (Lipinski definition) is 7. The van der Waals surface area contributed by atoms with Crippen LogP contribution in [0.15, 0.2) is 77.7 Å². The molecule has 218 valence electrons. The van der Waals surface area contributed by atoms with Gasteiger partial charge in [-0.2, -0.15) is 0 Å². The van der Waals surface area contributed by atoms with Crippen molar-refractivity contribution in [2.24, 2.45) is 0 Å². The van der Waals surface area contributed by atoms with E-state index in [1.807, 2.05) is 56.3 Å². The molecular weight excluding hydrogens is 546 g/mol. The molecule has 0 heterocycles. The van der Waals surface area contributed by atoms with Gasteiger partial charge in [-0.1, -0.05) is 36.4 Å². The van der Waals surface area contributed by atoms with E-state index in [2.05, 4.69) is 4.74 Å². The molecule has 10 heteroatoms. The fourth-order valence-corrected chi connectivity index (χ4v) is 4.85. The van der Waals surface area contributed by atoms with Crippen LogP contribution in [0.4, 0.5) is 4.79 Å². The molecule has 3 rings (SSSR count). The maximum Gasteiger partial charge on any atom is 0.513 e. The summed E-state index contributed by atoms with van der Waals surface area (Å²) in [5, 5.41) is 8.42. The molecule has 0 saturated heterocycles. The van der Waals surface area contributed by atoms with Crippen LogP contribution in [0.1, 0.15) is 55.5 Å². The molecule has 0 spiro atoms. The third-order valence-electron chi connectivity index (χ3n) is 6.36. The molecule has 0 aromatic heterocycles. The number of amides is 1. The number of carboxylic acid groups (broad SMARTS) is 1. The summed E-state index contributed by atoms with van der Waals surface area (Å²) in [4.78, 5) is 37.0. The zero-order valence-corrected chi connectivity index (χ0v) is 24.2. The van der Waals surface area contributed by atoms with Crippen LogP contribution in [-0.2, 0) is 25.9 Å². The van der Waals surface area contributed by atoms with Crippen LogP contribution in [0.25, 0.3) is 11.1 Å². The summed E-state index contributed by atoms with van der Waals surface area (Å²) in [6.07, 6.45) is 1.51. The molecule has 3 aromatic rings. The van der Waals surface area contributed by atoms with Gasteiger partial charge in [0.1, 0.15) is 5.75 Å². The second-order valence-corrected chi connectivity index (χ2v) is 12.0. The third kappa shape index (κ3) is 9.75. The summed E-state index contributed by atoms with van der Waals surface area (Å²) in [6, 6.07) is 21.3. The van der Waals surface area contributed by atoms with E-state index in [0.717, 1.165) is 16.7 Å². The van der Waals surface area contributed by atoms with Crippen molar-refractivity contribution in [3.05, 3.63) is 83.9 Å². The number of nitrogens with zero attached hydrogens (tertiary/aromatic N) is 1. The summed E-state index contributed by atoms with van der Waals surface area (Å²) in [5.41, 5.74) is 3.01. The largest absolute Gasteiger partial charge is 0.513 e. The molecule has 0 fully saturated rings. The van der Waals surface area contributed by atoms with Crippen LogP contribution >= 0.6 is 0 Å². The van der Waals surface area contributed by atoms with Gasteiger partial charge in [0.05, 0.1) is 11.5 Å². The first-order valence-corrected chi connectivity index (χ1v) is 15.2. The van der Waals surface area contributed by atoms with Crippen LogP contribution < -0.4 is 4.74 Å². The second kappa shape index (κ2) is 14.5. The number of unbranched alkanes of at least 4 members (excludes halogenated alkanes) is 2. The van der Waals surface area contributed by atoms with E-state index in [9.17, 15) is 22.8 Å². The van der Waals surface area contributed by atoms with Gasteiger partial charge in [-0.25, -0.2) is 13.2 Å². The Morgan fingerprint density at radius 1 is 0.878 bits per heavy atom. The number of rotatable bonds is 13. The van der Waals surface area contributed by atoms with Gasteiger partial charge >= 0.3 is 12.1 Å². The standard InChI is InChI=1S/C31H35NO8S/c1-22(2)32(21-23-9-7-11-27(19-23)39-18-6-4-5-13-29(33)40-31(35)36)30(34)25-16-14-24(15-17-25)26-10-8-12-28(20-26)41(3,37)38/h7-12,14-17,19-20,22H,4-6,13,18,21H2,1-3H3,(H,35,36). The Bertz CT molecular complexity index is 1470. The predicted octanol–water partition coefficient (Wildman–Crippen LogP) is 5.97. The van der Waals surface area contributed by atoms with E-state index in [4.69, 9.17) is 9.84 Å². The average Bonchev–Trinajstić information content (AvgIpc) is 2.92. The lowest BCUT2D eigenvalue weighted by atomic mass is 10.0. The first kappa shape index (κ1) is 31.3. The minimum Gasteiger partial charge on any atom is -0.494 e. The monoisotopic (exact) mass is 581 g/mol. The lowest BCUT2D eigenvalue weighted by molar-refractivity contribution is -0.139. The molecule has 1 N–H and O–H groups in total. The smallest absolute Gasteiger partial charge is 0.494 e. The highest BCUT2D eigenvalue weighted by atomic mass is 32.2. The maximum atomic E-state index is 13.4. The Balaban J connectivity index is 1.59. The molecule has 0 aliphatic rings. The van der Waals surface area contributed by atoms with Gasteiger partial charge in [0.2, 0.25) is 0 Å².